The van der Waals surface area contributed by atoms with Crippen LogP contribution in [0.5, 0.6) is 0 Å². The zero-order chi connectivity index (χ0) is 18.8. The van der Waals surface area contributed by atoms with Crippen LogP contribution in [-0.2, 0) is 9.53 Å². The Hall–Kier alpha value is -3.28. The van der Waals surface area contributed by atoms with E-state index in [1.54, 1.807) is 12.1 Å². The highest BCUT2D eigenvalue weighted by Gasteiger charge is 2.24. The Morgan fingerprint density at radius 3 is 2.46 bits per heavy atom. The number of nitrogens with zero attached hydrogens (tertiary/aromatic N) is 2. The molecule has 1 aliphatic rings. The van der Waals surface area contributed by atoms with Crippen molar-refractivity contribution in [2.45, 2.75) is 26.7 Å². The number of nitro benzene ring substituents is 1. The van der Waals surface area contributed by atoms with Crippen molar-refractivity contribution in [2.75, 3.05) is 0 Å². The molecule has 0 spiro atoms. The largest absolute Gasteiger partial charge is 0.402 e. The molecule has 6 nitrogen and oxygen atoms in total. The van der Waals surface area contributed by atoms with Crippen molar-refractivity contribution in [3.05, 3.63) is 80.5 Å². The zero-order valence-corrected chi connectivity index (χ0v) is 14.7. The van der Waals surface area contributed by atoms with Gasteiger partial charge in [0.15, 0.2) is 5.70 Å². The van der Waals surface area contributed by atoms with Gasteiger partial charge in [0, 0.05) is 17.2 Å². The maximum Gasteiger partial charge on any atom is 0.363 e. The van der Waals surface area contributed by atoms with Crippen molar-refractivity contribution in [1.29, 1.82) is 0 Å². The van der Waals surface area contributed by atoms with E-state index in [2.05, 4.69) is 4.99 Å². The summed E-state index contributed by atoms with van der Waals surface area (Å²) in [5.74, 6) is -0.314. The Bertz CT molecular complexity index is 941. The average molecular weight is 350 g/mol. The number of hydrogen-bond acceptors (Lipinski definition) is 5. The predicted molar refractivity (Wildman–Crippen MR) is 99.0 cm³/mol. The van der Waals surface area contributed by atoms with Crippen LogP contribution in [0.2, 0.25) is 0 Å². The van der Waals surface area contributed by atoms with E-state index < -0.39 is 10.9 Å². The van der Waals surface area contributed by atoms with Gasteiger partial charge in [0.05, 0.1) is 4.92 Å². The van der Waals surface area contributed by atoms with Crippen LogP contribution >= 0.6 is 0 Å². The maximum absolute atomic E-state index is 12.1. The van der Waals surface area contributed by atoms with E-state index in [9.17, 15) is 14.9 Å². The molecule has 0 N–H and O–H groups in total. The summed E-state index contributed by atoms with van der Waals surface area (Å²) in [6.07, 6.45) is 1.50. The first kappa shape index (κ1) is 17.5. The van der Waals surface area contributed by atoms with E-state index in [0.29, 0.717) is 16.7 Å². The van der Waals surface area contributed by atoms with Crippen LogP contribution < -0.4 is 0 Å². The molecule has 132 valence electrons. The topological polar surface area (TPSA) is 81.8 Å². The number of aliphatic imine (C=N–C) groups is 1. The number of hydrogen-bond donors (Lipinski definition) is 0. The highest BCUT2D eigenvalue weighted by molar-refractivity contribution is 6.12. The van der Waals surface area contributed by atoms with Gasteiger partial charge in [-0.15, -0.1) is 0 Å². The fraction of sp³-hybridized carbons (Fsp3) is 0.200. The molecule has 3 rings (SSSR count). The standard InChI is InChI=1S/C20H18N2O4/c1-12(2)16-9-6-14(11-18(16)22(24)25)10-17-20(23)26-19(21-17)15-7-4-13(3)5-8-15/h4-12H,1-3H3. The third kappa shape index (κ3) is 3.54. The predicted octanol–water partition coefficient (Wildman–Crippen LogP) is 4.37. The van der Waals surface area contributed by atoms with Crippen LogP contribution in [0.25, 0.3) is 6.08 Å². The van der Waals surface area contributed by atoms with Gasteiger partial charge in [-0.2, -0.15) is 0 Å². The lowest BCUT2D eigenvalue weighted by molar-refractivity contribution is -0.385. The van der Waals surface area contributed by atoms with Crippen LogP contribution in [0.1, 0.15) is 42.0 Å². The first-order valence-electron chi connectivity index (χ1n) is 8.23. The Balaban J connectivity index is 1.96. The summed E-state index contributed by atoms with van der Waals surface area (Å²) < 4.78 is 5.22. The van der Waals surface area contributed by atoms with E-state index in [4.69, 9.17) is 4.74 Å². The first-order valence-corrected chi connectivity index (χ1v) is 8.23. The molecule has 0 aliphatic carbocycles. The number of nitro groups is 1. The van der Waals surface area contributed by atoms with Gasteiger partial charge in [0.2, 0.25) is 5.90 Å². The maximum atomic E-state index is 12.1. The molecule has 0 amide bonds. The molecule has 2 aromatic rings. The van der Waals surface area contributed by atoms with Gasteiger partial charge in [-0.05, 0) is 36.6 Å². The zero-order valence-electron chi connectivity index (χ0n) is 14.7. The molecule has 0 saturated carbocycles. The monoisotopic (exact) mass is 350 g/mol. The number of cyclic esters (lactones) is 1. The van der Waals surface area contributed by atoms with Crippen LogP contribution in [-0.4, -0.2) is 16.8 Å². The van der Waals surface area contributed by atoms with Gasteiger partial charge in [-0.1, -0.05) is 43.7 Å². The molecule has 0 bridgehead atoms. The Kier molecular flexibility index (Phi) is 4.67. The number of carbonyl (C=O) groups excluding carboxylic acids is 1. The lowest BCUT2D eigenvalue weighted by Crippen LogP contribution is -2.05. The molecular formula is C20H18N2O4. The fourth-order valence-corrected chi connectivity index (χ4v) is 2.68. The third-order valence-corrected chi connectivity index (χ3v) is 4.10. The molecule has 2 aromatic carbocycles. The van der Waals surface area contributed by atoms with Gasteiger partial charge in [0.1, 0.15) is 0 Å². The second-order valence-electron chi connectivity index (χ2n) is 6.43. The van der Waals surface area contributed by atoms with E-state index in [-0.39, 0.29) is 23.2 Å². The van der Waals surface area contributed by atoms with Crippen molar-refractivity contribution >= 4 is 23.6 Å². The van der Waals surface area contributed by atoms with Crippen LogP contribution in [0.4, 0.5) is 5.69 Å². The number of esters is 1. The Morgan fingerprint density at radius 1 is 1.15 bits per heavy atom. The summed E-state index contributed by atoms with van der Waals surface area (Å²) >= 11 is 0. The molecule has 0 atom stereocenters. The van der Waals surface area contributed by atoms with Gasteiger partial charge in [-0.3, -0.25) is 10.1 Å². The van der Waals surface area contributed by atoms with Crippen LogP contribution in [0.3, 0.4) is 0 Å². The minimum absolute atomic E-state index is 0.0275. The molecule has 0 aromatic heterocycles. The van der Waals surface area contributed by atoms with Crippen LogP contribution in [0.15, 0.2) is 53.2 Å². The van der Waals surface area contributed by atoms with E-state index in [0.717, 1.165) is 5.56 Å². The second-order valence-corrected chi connectivity index (χ2v) is 6.43. The number of benzene rings is 2. The minimum atomic E-state index is -0.573. The lowest BCUT2D eigenvalue weighted by Gasteiger charge is -2.06. The summed E-state index contributed by atoms with van der Waals surface area (Å²) in [5, 5.41) is 11.3. The average Bonchev–Trinajstić information content (AvgIpc) is 2.96. The van der Waals surface area contributed by atoms with Gasteiger partial charge in [0.25, 0.3) is 5.69 Å². The molecule has 0 unspecified atom stereocenters. The highest BCUT2D eigenvalue weighted by atomic mass is 16.6. The van der Waals surface area contributed by atoms with Crippen LogP contribution in [0, 0.1) is 17.0 Å². The summed E-state index contributed by atoms with van der Waals surface area (Å²) in [7, 11) is 0. The normalized spacial score (nSPS) is 15.3. The van der Waals surface area contributed by atoms with Gasteiger partial charge >= 0.3 is 5.97 Å². The summed E-state index contributed by atoms with van der Waals surface area (Å²) in [6, 6.07) is 12.4. The molecule has 1 heterocycles. The minimum Gasteiger partial charge on any atom is -0.402 e. The lowest BCUT2D eigenvalue weighted by atomic mass is 9.99. The SMILES string of the molecule is Cc1ccc(C2=NC(=Cc3ccc(C(C)C)c([N+](=O)[O-])c3)C(=O)O2)cc1. The third-order valence-electron chi connectivity index (χ3n) is 4.10. The molecule has 0 saturated heterocycles. The first-order chi connectivity index (χ1) is 12.3. The number of carbonyl (C=O) groups is 1. The van der Waals surface area contributed by atoms with E-state index in [1.807, 2.05) is 45.0 Å². The molecule has 0 fully saturated rings. The van der Waals surface area contributed by atoms with Crippen molar-refractivity contribution in [3.63, 3.8) is 0 Å². The Morgan fingerprint density at radius 2 is 1.85 bits per heavy atom. The van der Waals surface area contributed by atoms with E-state index in [1.165, 1.54) is 12.1 Å². The number of aryl methyl sites for hydroxylation is 1. The van der Waals surface area contributed by atoms with Gasteiger partial charge < -0.3 is 4.74 Å². The number of ether oxygens (including phenoxy) is 1. The van der Waals surface area contributed by atoms with E-state index >= 15 is 0 Å². The fourth-order valence-electron chi connectivity index (χ4n) is 2.68. The quantitative estimate of drug-likeness (QED) is 0.355. The molecule has 1 aliphatic heterocycles. The smallest absolute Gasteiger partial charge is 0.363 e. The number of rotatable bonds is 4. The highest BCUT2D eigenvalue weighted by Crippen LogP contribution is 2.29. The van der Waals surface area contributed by atoms with Crippen molar-refractivity contribution < 1.29 is 14.5 Å². The summed E-state index contributed by atoms with van der Waals surface area (Å²) in [5.41, 5.74) is 3.12. The molecule has 6 heteroatoms. The van der Waals surface area contributed by atoms with Crippen molar-refractivity contribution in [3.8, 4) is 0 Å². The summed E-state index contributed by atoms with van der Waals surface area (Å²) in [4.78, 5) is 27.2. The summed E-state index contributed by atoms with van der Waals surface area (Å²) in [6.45, 7) is 5.76. The molecule has 26 heavy (non-hydrogen) atoms. The van der Waals surface area contributed by atoms with Gasteiger partial charge in [-0.25, -0.2) is 9.79 Å². The Labute approximate surface area is 151 Å². The second kappa shape index (κ2) is 6.92. The van der Waals surface area contributed by atoms with Crippen molar-refractivity contribution in [1.82, 2.24) is 0 Å². The molecule has 0 radical (unpaired) electrons. The molecular weight excluding hydrogens is 332 g/mol. The van der Waals surface area contributed by atoms with Crippen molar-refractivity contribution in [2.24, 2.45) is 4.99 Å².